The molecular formula is C18H20O2S. The molecule has 0 saturated heterocycles. The summed E-state index contributed by atoms with van der Waals surface area (Å²) >= 11 is 1.90. The molecule has 1 heterocycles. The molecule has 1 N–H and O–H groups in total. The lowest BCUT2D eigenvalue weighted by Gasteiger charge is -2.12. The highest BCUT2D eigenvalue weighted by Gasteiger charge is 2.22. The van der Waals surface area contributed by atoms with Crippen LogP contribution in [0.25, 0.3) is 0 Å². The van der Waals surface area contributed by atoms with E-state index in [1.165, 1.54) is 10.5 Å². The van der Waals surface area contributed by atoms with Gasteiger partial charge in [-0.2, -0.15) is 0 Å². The molecule has 0 radical (unpaired) electrons. The first-order chi connectivity index (χ1) is 10.3. The summed E-state index contributed by atoms with van der Waals surface area (Å²) in [5, 5.41) is 10.3. The Labute approximate surface area is 130 Å². The molecule has 0 aliphatic carbocycles. The average Bonchev–Trinajstić information content (AvgIpc) is 2.95. The van der Waals surface area contributed by atoms with Crippen LogP contribution < -0.4 is 4.74 Å². The normalized spacial score (nSPS) is 18.3. The van der Waals surface area contributed by atoms with E-state index in [9.17, 15) is 5.11 Å². The maximum Gasteiger partial charge on any atom is 0.119 e. The maximum atomic E-state index is 9.78. The highest BCUT2D eigenvalue weighted by Crippen LogP contribution is 2.36. The van der Waals surface area contributed by atoms with Gasteiger partial charge >= 0.3 is 0 Å². The van der Waals surface area contributed by atoms with Gasteiger partial charge in [-0.1, -0.05) is 37.3 Å². The molecule has 0 spiro atoms. The Morgan fingerprint density at radius 2 is 1.95 bits per heavy atom. The van der Waals surface area contributed by atoms with Crippen LogP contribution in [0.4, 0.5) is 0 Å². The summed E-state index contributed by atoms with van der Waals surface area (Å²) in [4.78, 5) is 1.38. The molecule has 2 nitrogen and oxygen atoms in total. The molecule has 0 fully saturated rings. The number of aliphatic hydroxyl groups is 1. The van der Waals surface area contributed by atoms with E-state index >= 15 is 0 Å². The fourth-order valence-corrected chi connectivity index (χ4v) is 3.78. The van der Waals surface area contributed by atoms with E-state index in [4.69, 9.17) is 4.74 Å². The molecule has 0 aromatic heterocycles. The first-order valence-electron chi connectivity index (χ1n) is 7.41. The smallest absolute Gasteiger partial charge is 0.119 e. The number of thioether (sulfide) groups is 1. The van der Waals surface area contributed by atoms with Gasteiger partial charge in [0.2, 0.25) is 0 Å². The SMILES string of the molecule is CCC(O)c1ccc(OCC2Cc3ccccc3S2)cc1. The van der Waals surface area contributed by atoms with Gasteiger partial charge in [-0.3, -0.25) is 0 Å². The Balaban J connectivity index is 1.55. The predicted molar refractivity (Wildman–Crippen MR) is 87.0 cm³/mol. The fraction of sp³-hybridized carbons (Fsp3) is 0.333. The van der Waals surface area contributed by atoms with Crippen molar-refractivity contribution in [3.63, 3.8) is 0 Å². The van der Waals surface area contributed by atoms with Crippen molar-refractivity contribution in [1.29, 1.82) is 0 Å². The van der Waals surface area contributed by atoms with E-state index in [1.807, 2.05) is 43.0 Å². The lowest BCUT2D eigenvalue weighted by molar-refractivity contribution is 0.173. The summed E-state index contributed by atoms with van der Waals surface area (Å²) in [5.41, 5.74) is 2.38. The Hall–Kier alpha value is -1.45. The number of hydrogen-bond donors (Lipinski definition) is 1. The summed E-state index contributed by atoms with van der Waals surface area (Å²) in [6.45, 7) is 2.69. The average molecular weight is 300 g/mol. The number of aliphatic hydroxyl groups excluding tert-OH is 1. The molecule has 1 aliphatic rings. The molecular weight excluding hydrogens is 280 g/mol. The second-order valence-electron chi connectivity index (χ2n) is 5.36. The van der Waals surface area contributed by atoms with Crippen LogP contribution in [-0.4, -0.2) is 17.0 Å². The molecule has 3 rings (SSSR count). The van der Waals surface area contributed by atoms with E-state index in [0.29, 0.717) is 5.25 Å². The molecule has 2 aromatic rings. The van der Waals surface area contributed by atoms with Crippen LogP contribution in [0.3, 0.4) is 0 Å². The number of hydrogen-bond acceptors (Lipinski definition) is 3. The summed E-state index contributed by atoms with van der Waals surface area (Å²) in [7, 11) is 0. The predicted octanol–water partition coefficient (Wildman–Crippen LogP) is 4.23. The summed E-state index contributed by atoms with van der Waals surface area (Å²) in [5.74, 6) is 0.874. The van der Waals surface area contributed by atoms with E-state index < -0.39 is 0 Å². The van der Waals surface area contributed by atoms with Gasteiger partial charge in [-0.15, -0.1) is 11.8 Å². The van der Waals surface area contributed by atoms with Crippen molar-refractivity contribution in [2.45, 2.75) is 36.0 Å². The van der Waals surface area contributed by atoms with Crippen LogP contribution in [0.1, 0.15) is 30.6 Å². The first-order valence-corrected chi connectivity index (χ1v) is 8.29. The number of benzene rings is 2. The fourth-order valence-electron chi connectivity index (χ4n) is 2.56. The van der Waals surface area contributed by atoms with E-state index in [1.54, 1.807) is 0 Å². The molecule has 2 unspecified atom stereocenters. The van der Waals surface area contributed by atoms with Gasteiger partial charge in [-0.05, 0) is 42.2 Å². The minimum atomic E-state index is -0.376. The maximum absolute atomic E-state index is 9.78. The highest BCUT2D eigenvalue weighted by molar-refractivity contribution is 8.00. The van der Waals surface area contributed by atoms with Crippen molar-refractivity contribution in [2.75, 3.05) is 6.61 Å². The highest BCUT2D eigenvalue weighted by atomic mass is 32.2. The molecule has 110 valence electrons. The number of fused-ring (bicyclic) bond motifs is 1. The zero-order valence-corrected chi connectivity index (χ0v) is 13.0. The van der Waals surface area contributed by atoms with Crippen LogP contribution in [0.5, 0.6) is 5.75 Å². The topological polar surface area (TPSA) is 29.5 Å². The largest absolute Gasteiger partial charge is 0.492 e. The summed E-state index contributed by atoms with van der Waals surface area (Å²) in [6, 6.07) is 16.3. The van der Waals surface area contributed by atoms with Crippen LogP contribution >= 0.6 is 11.8 Å². The standard InChI is InChI=1S/C18H20O2S/c1-2-17(19)13-7-9-15(10-8-13)20-12-16-11-14-5-3-4-6-18(14)21-16/h3-10,16-17,19H,2,11-12H2,1H3. The summed E-state index contributed by atoms with van der Waals surface area (Å²) in [6.07, 6.45) is 1.43. The quantitative estimate of drug-likeness (QED) is 0.896. The lowest BCUT2D eigenvalue weighted by Crippen LogP contribution is -2.13. The second kappa shape index (κ2) is 6.54. The van der Waals surface area contributed by atoms with Gasteiger partial charge < -0.3 is 9.84 Å². The third-order valence-corrected chi connectivity index (χ3v) is 5.09. The van der Waals surface area contributed by atoms with Crippen molar-refractivity contribution < 1.29 is 9.84 Å². The molecule has 0 bridgehead atoms. The Morgan fingerprint density at radius 3 is 2.67 bits per heavy atom. The number of ether oxygens (including phenoxy) is 1. The summed E-state index contributed by atoms with van der Waals surface area (Å²) < 4.78 is 5.89. The zero-order chi connectivity index (χ0) is 14.7. The van der Waals surface area contributed by atoms with Gasteiger partial charge in [0.15, 0.2) is 0 Å². The Kier molecular flexibility index (Phi) is 4.51. The first kappa shape index (κ1) is 14.5. The molecule has 3 heteroatoms. The van der Waals surface area contributed by atoms with Crippen molar-refractivity contribution in [3.8, 4) is 5.75 Å². The van der Waals surface area contributed by atoms with Crippen molar-refractivity contribution in [1.82, 2.24) is 0 Å². The van der Waals surface area contributed by atoms with Gasteiger partial charge in [0, 0.05) is 10.1 Å². The Bertz CT molecular complexity index is 569. The van der Waals surface area contributed by atoms with Crippen LogP contribution in [0.2, 0.25) is 0 Å². The Morgan fingerprint density at radius 1 is 1.19 bits per heavy atom. The number of rotatable bonds is 5. The monoisotopic (exact) mass is 300 g/mol. The van der Waals surface area contributed by atoms with Gasteiger partial charge in [0.05, 0.1) is 6.10 Å². The van der Waals surface area contributed by atoms with Gasteiger partial charge in [0.25, 0.3) is 0 Å². The third-order valence-electron chi connectivity index (χ3n) is 3.80. The van der Waals surface area contributed by atoms with E-state index in [0.717, 1.165) is 30.8 Å². The minimum absolute atomic E-state index is 0.376. The molecule has 2 atom stereocenters. The van der Waals surface area contributed by atoms with Crippen molar-refractivity contribution in [2.24, 2.45) is 0 Å². The van der Waals surface area contributed by atoms with Crippen LogP contribution in [0.15, 0.2) is 53.4 Å². The van der Waals surface area contributed by atoms with Crippen molar-refractivity contribution in [3.05, 3.63) is 59.7 Å². The molecule has 2 aromatic carbocycles. The minimum Gasteiger partial charge on any atom is -0.492 e. The van der Waals surface area contributed by atoms with E-state index in [2.05, 4.69) is 24.3 Å². The molecule has 0 amide bonds. The van der Waals surface area contributed by atoms with Gasteiger partial charge in [0.1, 0.15) is 12.4 Å². The lowest BCUT2D eigenvalue weighted by atomic mass is 10.1. The van der Waals surface area contributed by atoms with Crippen molar-refractivity contribution >= 4 is 11.8 Å². The van der Waals surface area contributed by atoms with E-state index in [-0.39, 0.29) is 6.10 Å². The third kappa shape index (κ3) is 3.42. The molecule has 1 aliphatic heterocycles. The van der Waals surface area contributed by atoms with Crippen LogP contribution in [-0.2, 0) is 6.42 Å². The zero-order valence-electron chi connectivity index (χ0n) is 12.2. The van der Waals surface area contributed by atoms with Crippen LogP contribution in [0, 0.1) is 0 Å². The molecule has 0 saturated carbocycles. The molecule has 21 heavy (non-hydrogen) atoms. The van der Waals surface area contributed by atoms with Gasteiger partial charge in [-0.25, -0.2) is 0 Å². The second-order valence-corrected chi connectivity index (χ2v) is 6.70.